The number of rotatable bonds is 5. The zero-order valence-electron chi connectivity index (χ0n) is 9.52. The van der Waals surface area contributed by atoms with E-state index < -0.39 is 0 Å². The molecule has 2 N–H and O–H groups in total. The van der Waals surface area contributed by atoms with E-state index in [4.69, 9.17) is 0 Å². The van der Waals surface area contributed by atoms with Gasteiger partial charge in [0.15, 0.2) is 0 Å². The van der Waals surface area contributed by atoms with Crippen LogP contribution in [0.2, 0.25) is 0 Å². The molecule has 0 spiro atoms. The lowest BCUT2D eigenvalue weighted by Gasteiger charge is -2.40. The summed E-state index contributed by atoms with van der Waals surface area (Å²) in [5.74, 6) is 0.775. The lowest BCUT2D eigenvalue weighted by Crippen LogP contribution is -2.51. The molecule has 0 aromatic carbocycles. The van der Waals surface area contributed by atoms with Crippen molar-refractivity contribution in [3.63, 3.8) is 0 Å². The van der Waals surface area contributed by atoms with Gasteiger partial charge in [-0.2, -0.15) is 0 Å². The Morgan fingerprint density at radius 1 is 1.43 bits per heavy atom. The molecular formula is C11H22N2O. The zero-order valence-corrected chi connectivity index (χ0v) is 9.52. The Balaban J connectivity index is 2.40. The largest absolute Gasteiger partial charge is 0.355 e. The first-order valence-corrected chi connectivity index (χ1v) is 5.53. The van der Waals surface area contributed by atoms with Crippen LogP contribution in [0, 0.1) is 11.3 Å². The van der Waals surface area contributed by atoms with Gasteiger partial charge in [0, 0.05) is 13.1 Å². The Kier molecular flexibility index (Phi) is 3.93. The number of amides is 1. The molecule has 0 unspecified atom stereocenters. The third-order valence-corrected chi connectivity index (χ3v) is 2.98. The van der Waals surface area contributed by atoms with Crippen molar-refractivity contribution in [1.29, 1.82) is 0 Å². The van der Waals surface area contributed by atoms with E-state index in [0.29, 0.717) is 5.92 Å². The van der Waals surface area contributed by atoms with Gasteiger partial charge < -0.3 is 10.6 Å². The van der Waals surface area contributed by atoms with Crippen molar-refractivity contribution in [3.05, 3.63) is 0 Å². The summed E-state index contributed by atoms with van der Waals surface area (Å²) in [7, 11) is 1.91. The third-order valence-electron chi connectivity index (χ3n) is 2.98. The second-order valence-corrected chi connectivity index (χ2v) is 4.77. The minimum atomic E-state index is -0.0936. The van der Waals surface area contributed by atoms with E-state index in [9.17, 15) is 4.79 Å². The minimum Gasteiger partial charge on any atom is -0.355 e. The SMILES string of the molecule is CNCC1(C(=O)NCC(C)C)CCC1. The van der Waals surface area contributed by atoms with Crippen molar-refractivity contribution in [1.82, 2.24) is 10.6 Å². The van der Waals surface area contributed by atoms with Crippen molar-refractivity contribution in [2.24, 2.45) is 11.3 Å². The lowest BCUT2D eigenvalue weighted by atomic mass is 9.68. The van der Waals surface area contributed by atoms with Crippen LogP contribution in [0.15, 0.2) is 0 Å². The molecule has 1 rings (SSSR count). The first-order valence-electron chi connectivity index (χ1n) is 5.53. The molecule has 1 saturated carbocycles. The molecule has 14 heavy (non-hydrogen) atoms. The normalized spacial score (nSPS) is 19.1. The monoisotopic (exact) mass is 198 g/mol. The summed E-state index contributed by atoms with van der Waals surface area (Å²) in [6.07, 6.45) is 3.27. The summed E-state index contributed by atoms with van der Waals surface area (Å²) in [5, 5.41) is 6.15. The second-order valence-electron chi connectivity index (χ2n) is 4.77. The molecule has 1 amide bonds. The summed E-state index contributed by atoms with van der Waals surface area (Å²) in [5.41, 5.74) is -0.0936. The van der Waals surface area contributed by atoms with Gasteiger partial charge in [0.05, 0.1) is 5.41 Å². The smallest absolute Gasteiger partial charge is 0.227 e. The van der Waals surface area contributed by atoms with Crippen molar-refractivity contribution in [3.8, 4) is 0 Å². The standard InChI is InChI=1S/C11H22N2O/c1-9(2)7-13-10(14)11(8-12-3)5-4-6-11/h9,12H,4-8H2,1-3H3,(H,13,14). The van der Waals surface area contributed by atoms with Crippen molar-refractivity contribution >= 4 is 5.91 Å². The predicted molar refractivity (Wildman–Crippen MR) is 58.1 cm³/mol. The van der Waals surface area contributed by atoms with Crippen LogP contribution in [0.1, 0.15) is 33.1 Å². The summed E-state index contributed by atoms with van der Waals surface area (Å²) in [6.45, 7) is 5.85. The van der Waals surface area contributed by atoms with Gasteiger partial charge in [-0.3, -0.25) is 4.79 Å². The molecule has 1 aliphatic rings. The molecule has 0 heterocycles. The first kappa shape index (κ1) is 11.5. The van der Waals surface area contributed by atoms with Gasteiger partial charge in [0.1, 0.15) is 0 Å². The van der Waals surface area contributed by atoms with Crippen LogP contribution >= 0.6 is 0 Å². The molecule has 0 aromatic rings. The molecule has 0 saturated heterocycles. The van der Waals surface area contributed by atoms with E-state index in [-0.39, 0.29) is 11.3 Å². The molecule has 1 aliphatic carbocycles. The molecule has 0 atom stereocenters. The van der Waals surface area contributed by atoms with Crippen LogP contribution in [0.5, 0.6) is 0 Å². The fraction of sp³-hybridized carbons (Fsp3) is 0.909. The molecule has 0 aliphatic heterocycles. The highest BCUT2D eigenvalue weighted by Crippen LogP contribution is 2.40. The number of carbonyl (C=O) groups excluding carboxylic acids is 1. The van der Waals surface area contributed by atoms with E-state index in [1.807, 2.05) is 7.05 Å². The van der Waals surface area contributed by atoms with E-state index in [1.165, 1.54) is 6.42 Å². The van der Waals surface area contributed by atoms with E-state index >= 15 is 0 Å². The Labute approximate surface area is 86.6 Å². The van der Waals surface area contributed by atoms with Crippen LogP contribution in [0.3, 0.4) is 0 Å². The van der Waals surface area contributed by atoms with Gasteiger partial charge in [0.25, 0.3) is 0 Å². The highest BCUT2D eigenvalue weighted by atomic mass is 16.2. The Morgan fingerprint density at radius 3 is 2.43 bits per heavy atom. The number of carbonyl (C=O) groups is 1. The summed E-state index contributed by atoms with van der Waals surface area (Å²) in [6, 6.07) is 0. The molecule has 3 nitrogen and oxygen atoms in total. The van der Waals surface area contributed by atoms with Gasteiger partial charge in [0.2, 0.25) is 5.91 Å². The van der Waals surface area contributed by atoms with Crippen LogP contribution in [0.4, 0.5) is 0 Å². The summed E-state index contributed by atoms with van der Waals surface area (Å²) in [4.78, 5) is 11.9. The van der Waals surface area contributed by atoms with Crippen molar-refractivity contribution < 1.29 is 4.79 Å². The van der Waals surface area contributed by atoms with Gasteiger partial charge in [-0.05, 0) is 25.8 Å². The Bertz CT molecular complexity index is 197. The van der Waals surface area contributed by atoms with E-state index in [0.717, 1.165) is 25.9 Å². The maximum atomic E-state index is 11.9. The quantitative estimate of drug-likeness (QED) is 0.696. The van der Waals surface area contributed by atoms with Gasteiger partial charge in [-0.1, -0.05) is 20.3 Å². The van der Waals surface area contributed by atoms with Crippen molar-refractivity contribution in [2.75, 3.05) is 20.1 Å². The number of hydrogen-bond acceptors (Lipinski definition) is 2. The molecule has 82 valence electrons. The van der Waals surface area contributed by atoms with Crippen LogP contribution < -0.4 is 10.6 Å². The highest BCUT2D eigenvalue weighted by Gasteiger charge is 2.43. The second kappa shape index (κ2) is 4.78. The lowest BCUT2D eigenvalue weighted by molar-refractivity contribution is -0.135. The van der Waals surface area contributed by atoms with Crippen molar-refractivity contribution in [2.45, 2.75) is 33.1 Å². The third kappa shape index (κ3) is 2.47. The first-order chi connectivity index (χ1) is 6.60. The molecule has 0 radical (unpaired) electrons. The molecule has 0 bridgehead atoms. The van der Waals surface area contributed by atoms with Crippen LogP contribution in [-0.4, -0.2) is 26.0 Å². The van der Waals surface area contributed by atoms with E-state index in [1.54, 1.807) is 0 Å². The van der Waals surface area contributed by atoms with Gasteiger partial charge in [-0.25, -0.2) is 0 Å². The fourth-order valence-corrected chi connectivity index (χ4v) is 1.91. The zero-order chi connectivity index (χ0) is 10.6. The average Bonchev–Trinajstić information content (AvgIpc) is 2.07. The molecule has 3 heteroatoms. The number of hydrogen-bond donors (Lipinski definition) is 2. The number of nitrogens with one attached hydrogen (secondary N) is 2. The minimum absolute atomic E-state index is 0.0936. The summed E-state index contributed by atoms with van der Waals surface area (Å²) >= 11 is 0. The van der Waals surface area contributed by atoms with Crippen LogP contribution in [0.25, 0.3) is 0 Å². The van der Waals surface area contributed by atoms with Gasteiger partial charge >= 0.3 is 0 Å². The average molecular weight is 198 g/mol. The predicted octanol–water partition coefficient (Wildman–Crippen LogP) is 1.15. The molecule has 1 fully saturated rings. The highest BCUT2D eigenvalue weighted by molar-refractivity contribution is 5.83. The fourth-order valence-electron chi connectivity index (χ4n) is 1.91. The van der Waals surface area contributed by atoms with E-state index in [2.05, 4.69) is 24.5 Å². The maximum absolute atomic E-state index is 11.9. The summed E-state index contributed by atoms with van der Waals surface area (Å²) < 4.78 is 0. The maximum Gasteiger partial charge on any atom is 0.227 e. The Morgan fingerprint density at radius 2 is 2.07 bits per heavy atom. The van der Waals surface area contributed by atoms with Gasteiger partial charge in [-0.15, -0.1) is 0 Å². The van der Waals surface area contributed by atoms with Crippen LogP contribution in [-0.2, 0) is 4.79 Å². The molecular weight excluding hydrogens is 176 g/mol. The topological polar surface area (TPSA) is 41.1 Å². The molecule has 0 aromatic heterocycles. The Hall–Kier alpha value is -0.570.